The first kappa shape index (κ1) is 12.8. The van der Waals surface area contributed by atoms with E-state index in [1.54, 1.807) is 19.2 Å². The first-order valence-corrected chi connectivity index (χ1v) is 5.41. The van der Waals surface area contributed by atoms with Crippen LogP contribution < -0.4 is 10.1 Å². The van der Waals surface area contributed by atoms with Crippen LogP contribution in [0.25, 0.3) is 0 Å². The molecule has 0 aliphatic carbocycles. The number of phenols is 1. The van der Waals surface area contributed by atoms with Crippen molar-refractivity contribution in [2.45, 2.75) is 25.9 Å². The normalized spacial score (nSPS) is 12.4. The predicted molar refractivity (Wildman–Crippen MR) is 62.7 cm³/mol. The van der Waals surface area contributed by atoms with Crippen LogP contribution in [0.15, 0.2) is 18.2 Å². The predicted octanol–water partition coefficient (Wildman–Crippen LogP) is 1.26. The zero-order valence-corrected chi connectivity index (χ0v) is 9.73. The van der Waals surface area contributed by atoms with Crippen LogP contribution in [0.2, 0.25) is 0 Å². The molecule has 0 saturated carbocycles. The Morgan fingerprint density at radius 2 is 2.19 bits per heavy atom. The monoisotopic (exact) mass is 225 g/mol. The molecule has 0 aliphatic heterocycles. The summed E-state index contributed by atoms with van der Waals surface area (Å²) in [5.74, 6) is 0.843. The van der Waals surface area contributed by atoms with Crippen LogP contribution in [0.1, 0.15) is 18.9 Å². The highest BCUT2D eigenvalue weighted by Crippen LogP contribution is 2.23. The van der Waals surface area contributed by atoms with E-state index >= 15 is 0 Å². The molecule has 0 amide bonds. The van der Waals surface area contributed by atoms with Gasteiger partial charge in [-0.05, 0) is 12.5 Å². The summed E-state index contributed by atoms with van der Waals surface area (Å²) in [7, 11) is 1.56. The Hall–Kier alpha value is -1.26. The van der Waals surface area contributed by atoms with Gasteiger partial charge in [-0.2, -0.15) is 0 Å². The standard InChI is InChI=1S/C12H19NO3/c1-3-10(8-14)13-7-9-4-5-11(16-2)6-12(9)15/h4-6,10,13-15H,3,7-8H2,1-2H3. The molecule has 1 aromatic rings. The average Bonchev–Trinajstić information content (AvgIpc) is 2.32. The molecule has 4 nitrogen and oxygen atoms in total. The molecule has 0 bridgehead atoms. The van der Waals surface area contributed by atoms with Crippen molar-refractivity contribution >= 4 is 0 Å². The Morgan fingerprint density at radius 3 is 2.69 bits per heavy atom. The van der Waals surface area contributed by atoms with Crippen LogP contribution in [-0.2, 0) is 6.54 Å². The molecule has 0 saturated heterocycles. The van der Waals surface area contributed by atoms with Gasteiger partial charge < -0.3 is 20.3 Å². The van der Waals surface area contributed by atoms with Crippen molar-refractivity contribution < 1.29 is 14.9 Å². The number of aromatic hydroxyl groups is 1. The number of benzene rings is 1. The van der Waals surface area contributed by atoms with Gasteiger partial charge in [-0.1, -0.05) is 13.0 Å². The van der Waals surface area contributed by atoms with Gasteiger partial charge in [0.25, 0.3) is 0 Å². The Balaban J connectivity index is 2.60. The summed E-state index contributed by atoms with van der Waals surface area (Å²) in [6, 6.07) is 5.26. The SMILES string of the molecule is CCC(CO)NCc1ccc(OC)cc1O. The van der Waals surface area contributed by atoms with Crippen molar-refractivity contribution in [3.05, 3.63) is 23.8 Å². The van der Waals surface area contributed by atoms with E-state index in [0.717, 1.165) is 12.0 Å². The lowest BCUT2D eigenvalue weighted by molar-refractivity contribution is 0.238. The largest absolute Gasteiger partial charge is 0.507 e. The van der Waals surface area contributed by atoms with Crippen molar-refractivity contribution in [3.63, 3.8) is 0 Å². The second kappa shape index (κ2) is 6.35. The number of hydrogen-bond acceptors (Lipinski definition) is 4. The molecule has 0 spiro atoms. The topological polar surface area (TPSA) is 61.7 Å². The van der Waals surface area contributed by atoms with Crippen LogP contribution in [-0.4, -0.2) is 30.0 Å². The molecule has 90 valence electrons. The number of ether oxygens (including phenoxy) is 1. The van der Waals surface area contributed by atoms with E-state index in [0.29, 0.717) is 12.3 Å². The molecule has 16 heavy (non-hydrogen) atoms. The third-order valence-corrected chi connectivity index (χ3v) is 2.59. The maximum Gasteiger partial charge on any atom is 0.123 e. The van der Waals surface area contributed by atoms with E-state index in [9.17, 15) is 5.11 Å². The van der Waals surface area contributed by atoms with Crippen molar-refractivity contribution in [2.24, 2.45) is 0 Å². The molecule has 0 aliphatic rings. The highest BCUT2D eigenvalue weighted by Gasteiger charge is 2.06. The van der Waals surface area contributed by atoms with Crippen LogP contribution in [0, 0.1) is 0 Å². The zero-order chi connectivity index (χ0) is 12.0. The van der Waals surface area contributed by atoms with Gasteiger partial charge in [0.05, 0.1) is 13.7 Å². The first-order valence-electron chi connectivity index (χ1n) is 5.41. The number of nitrogens with one attached hydrogen (secondary N) is 1. The molecule has 1 rings (SSSR count). The smallest absolute Gasteiger partial charge is 0.123 e. The Morgan fingerprint density at radius 1 is 1.44 bits per heavy atom. The van der Waals surface area contributed by atoms with Crippen LogP contribution in [0.3, 0.4) is 0 Å². The minimum Gasteiger partial charge on any atom is -0.507 e. The van der Waals surface area contributed by atoms with Crippen molar-refractivity contribution in [1.29, 1.82) is 0 Å². The summed E-state index contributed by atoms with van der Waals surface area (Å²) in [5, 5.41) is 21.9. The molecule has 1 unspecified atom stereocenters. The van der Waals surface area contributed by atoms with E-state index < -0.39 is 0 Å². The van der Waals surface area contributed by atoms with E-state index in [1.807, 2.05) is 13.0 Å². The fraction of sp³-hybridized carbons (Fsp3) is 0.500. The lowest BCUT2D eigenvalue weighted by atomic mass is 10.1. The first-order chi connectivity index (χ1) is 7.71. The summed E-state index contributed by atoms with van der Waals surface area (Å²) < 4.78 is 5.00. The fourth-order valence-electron chi connectivity index (χ4n) is 1.41. The van der Waals surface area contributed by atoms with E-state index in [2.05, 4.69) is 5.32 Å². The molecular weight excluding hydrogens is 206 g/mol. The third-order valence-electron chi connectivity index (χ3n) is 2.59. The van der Waals surface area contributed by atoms with E-state index in [-0.39, 0.29) is 18.4 Å². The molecule has 0 fully saturated rings. The quantitative estimate of drug-likeness (QED) is 0.682. The third kappa shape index (κ3) is 3.40. The highest BCUT2D eigenvalue weighted by atomic mass is 16.5. The van der Waals surface area contributed by atoms with Gasteiger partial charge in [0, 0.05) is 24.2 Å². The lowest BCUT2D eigenvalue weighted by Crippen LogP contribution is -2.31. The summed E-state index contributed by atoms with van der Waals surface area (Å²) in [4.78, 5) is 0. The van der Waals surface area contributed by atoms with Crippen molar-refractivity contribution in [2.75, 3.05) is 13.7 Å². The Labute approximate surface area is 95.9 Å². The number of methoxy groups -OCH3 is 1. The number of aliphatic hydroxyl groups excluding tert-OH is 1. The van der Waals surface area contributed by atoms with Gasteiger partial charge in [0.15, 0.2) is 0 Å². The summed E-state index contributed by atoms with van der Waals surface area (Å²) >= 11 is 0. The maximum atomic E-state index is 9.70. The maximum absolute atomic E-state index is 9.70. The highest BCUT2D eigenvalue weighted by molar-refractivity contribution is 5.39. The molecule has 0 aromatic heterocycles. The lowest BCUT2D eigenvalue weighted by Gasteiger charge is -2.14. The molecule has 1 aromatic carbocycles. The van der Waals surface area contributed by atoms with Crippen LogP contribution in [0.4, 0.5) is 0 Å². The number of hydrogen-bond donors (Lipinski definition) is 3. The van der Waals surface area contributed by atoms with E-state index in [1.165, 1.54) is 0 Å². The molecular formula is C12H19NO3. The second-order valence-corrected chi connectivity index (χ2v) is 3.66. The molecule has 0 radical (unpaired) electrons. The summed E-state index contributed by atoms with van der Waals surface area (Å²) in [6.45, 7) is 2.64. The van der Waals surface area contributed by atoms with Gasteiger partial charge in [-0.15, -0.1) is 0 Å². The molecule has 1 atom stereocenters. The van der Waals surface area contributed by atoms with Crippen LogP contribution in [0.5, 0.6) is 11.5 Å². The average molecular weight is 225 g/mol. The Kier molecular flexibility index (Phi) is 5.08. The zero-order valence-electron chi connectivity index (χ0n) is 9.73. The molecule has 4 heteroatoms. The van der Waals surface area contributed by atoms with Crippen molar-refractivity contribution in [1.82, 2.24) is 5.32 Å². The van der Waals surface area contributed by atoms with Gasteiger partial charge in [-0.25, -0.2) is 0 Å². The van der Waals surface area contributed by atoms with E-state index in [4.69, 9.17) is 9.84 Å². The number of aliphatic hydroxyl groups is 1. The van der Waals surface area contributed by atoms with Crippen molar-refractivity contribution in [3.8, 4) is 11.5 Å². The number of rotatable bonds is 6. The second-order valence-electron chi connectivity index (χ2n) is 3.66. The molecule has 3 N–H and O–H groups in total. The van der Waals surface area contributed by atoms with Gasteiger partial charge in [0.2, 0.25) is 0 Å². The Bertz CT molecular complexity index is 324. The van der Waals surface area contributed by atoms with Crippen LogP contribution >= 0.6 is 0 Å². The minimum atomic E-state index is 0.0708. The summed E-state index contributed by atoms with van der Waals surface area (Å²) in [6.07, 6.45) is 0.855. The number of phenolic OH excluding ortho intramolecular Hbond substituents is 1. The fourth-order valence-corrected chi connectivity index (χ4v) is 1.41. The van der Waals surface area contributed by atoms with Gasteiger partial charge in [-0.3, -0.25) is 0 Å². The van der Waals surface area contributed by atoms with Gasteiger partial charge in [0.1, 0.15) is 11.5 Å². The van der Waals surface area contributed by atoms with Gasteiger partial charge >= 0.3 is 0 Å². The summed E-state index contributed by atoms with van der Waals surface area (Å²) in [5.41, 5.74) is 0.799. The minimum absolute atomic E-state index is 0.0708. The molecule has 0 heterocycles.